The van der Waals surface area contributed by atoms with E-state index < -0.39 is 58.7 Å². The first-order valence-electron chi connectivity index (χ1n) is 14.1. The summed E-state index contributed by atoms with van der Waals surface area (Å²) in [6.45, 7) is 10.2. The summed E-state index contributed by atoms with van der Waals surface area (Å²) in [6, 6.07) is 2.67. The van der Waals surface area contributed by atoms with Gasteiger partial charge >= 0.3 is 12.2 Å². The normalized spacial score (nSPS) is 17.1. The van der Waals surface area contributed by atoms with Crippen LogP contribution in [0.25, 0.3) is 10.6 Å². The number of piperidine rings is 1. The molecule has 12 nitrogen and oxygen atoms in total. The Morgan fingerprint density at radius 3 is 2.22 bits per heavy atom. The van der Waals surface area contributed by atoms with Crippen molar-refractivity contribution < 1.29 is 37.0 Å². The molecule has 45 heavy (non-hydrogen) atoms. The van der Waals surface area contributed by atoms with Gasteiger partial charge in [-0.25, -0.2) is 27.7 Å². The number of hydrogen-bond donors (Lipinski definition) is 3. The molecular formula is C29H36F3N7O5S. The van der Waals surface area contributed by atoms with Crippen molar-refractivity contribution in [1.82, 2.24) is 20.1 Å². The van der Waals surface area contributed by atoms with Crippen LogP contribution in [-0.2, 0) is 16.5 Å². The van der Waals surface area contributed by atoms with Gasteiger partial charge in [0.1, 0.15) is 44.7 Å². The smallest absolute Gasteiger partial charge is 0.412 e. The zero-order valence-electron chi connectivity index (χ0n) is 26.0. The predicted molar refractivity (Wildman–Crippen MR) is 163 cm³/mol. The van der Waals surface area contributed by atoms with E-state index in [-0.39, 0.29) is 40.9 Å². The van der Waals surface area contributed by atoms with Crippen LogP contribution >= 0.6 is 11.3 Å². The highest BCUT2D eigenvalue weighted by Gasteiger charge is 2.33. The number of nitrogens with one attached hydrogen (secondary N) is 3. The van der Waals surface area contributed by atoms with E-state index in [1.54, 1.807) is 53.5 Å². The van der Waals surface area contributed by atoms with Crippen molar-refractivity contribution in [2.45, 2.75) is 71.4 Å². The Hall–Kier alpha value is -4.34. The van der Waals surface area contributed by atoms with Gasteiger partial charge in [0.25, 0.3) is 5.91 Å². The van der Waals surface area contributed by atoms with Gasteiger partial charge in [-0.15, -0.1) is 0 Å². The van der Waals surface area contributed by atoms with Crippen molar-refractivity contribution in [3.63, 3.8) is 0 Å². The fourth-order valence-corrected chi connectivity index (χ4v) is 5.63. The Bertz CT molecular complexity index is 1560. The molecule has 3 amide bonds. The van der Waals surface area contributed by atoms with Crippen LogP contribution in [0.1, 0.15) is 58.5 Å². The summed E-state index contributed by atoms with van der Waals surface area (Å²) in [7, 11) is 1.60. The third-order valence-electron chi connectivity index (χ3n) is 6.21. The number of aryl methyl sites for hydroxylation is 1. The molecule has 0 unspecified atom stereocenters. The Balaban J connectivity index is 1.62. The second-order valence-corrected chi connectivity index (χ2v) is 13.5. The summed E-state index contributed by atoms with van der Waals surface area (Å²) in [5, 5.41) is 11.7. The zero-order chi connectivity index (χ0) is 33.3. The molecule has 1 aromatic carbocycles. The van der Waals surface area contributed by atoms with Gasteiger partial charge in [0.2, 0.25) is 0 Å². The van der Waals surface area contributed by atoms with Crippen LogP contribution in [0.2, 0.25) is 0 Å². The lowest BCUT2D eigenvalue weighted by Gasteiger charge is -2.36. The van der Waals surface area contributed by atoms with Crippen LogP contribution in [0.15, 0.2) is 24.4 Å². The Morgan fingerprint density at radius 1 is 0.978 bits per heavy atom. The number of carbonyl (C=O) groups is 3. The van der Waals surface area contributed by atoms with E-state index in [1.165, 1.54) is 16.9 Å². The van der Waals surface area contributed by atoms with Gasteiger partial charge in [0, 0.05) is 20.0 Å². The van der Waals surface area contributed by atoms with Crippen molar-refractivity contribution in [3.05, 3.63) is 41.7 Å². The second kappa shape index (κ2) is 12.9. The van der Waals surface area contributed by atoms with E-state index in [0.29, 0.717) is 17.2 Å². The lowest BCUT2D eigenvalue weighted by Crippen LogP contribution is -2.53. The van der Waals surface area contributed by atoms with Crippen molar-refractivity contribution in [1.29, 1.82) is 0 Å². The maximum atomic E-state index is 14.9. The van der Waals surface area contributed by atoms with E-state index in [2.05, 4.69) is 26.0 Å². The van der Waals surface area contributed by atoms with Gasteiger partial charge in [-0.05, 0) is 53.7 Å². The Labute approximate surface area is 262 Å². The second-order valence-electron chi connectivity index (χ2n) is 12.5. The number of nitrogens with zero attached hydrogens (tertiary/aromatic N) is 4. The highest BCUT2D eigenvalue weighted by atomic mass is 32.1. The predicted octanol–water partition coefficient (Wildman–Crippen LogP) is 5.86. The largest absolute Gasteiger partial charge is 0.444 e. The molecule has 3 N–H and O–H groups in total. The molecule has 0 saturated carbocycles. The lowest BCUT2D eigenvalue weighted by molar-refractivity contribution is 0.0489. The Kier molecular flexibility index (Phi) is 9.65. The number of anilines is 3. The van der Waals surface area contributed by atoms with Crippen LogP contribution in [0.3, 0.4) is 0 Å². The Morgan fingerprint density at radius 2 is 1.60 bits per heavy atom. The molecule has 0 spiro atoms. The highest BCUT2D eigenvalue weighted by Crippen LogP contribution is 2.36. The number of benzene rings is 1. The van der Waals surface area contributed by atoms with E-state index in [0.717, 1.165) is 12.1 Å². The molecule has 3 heterocycles. The number of thiazole rings is 1. The van der Waals surface area contributed by atoms with Gasteiger partial charge in [-0.2, -0.15) is 5.10 Å². The summed E-state index contributed by atoms with van der Waals surface area (Å²) < 4.78 is 56.2. The summed E-state index contributed by atoms with van der Waals surface area (Å²) in [5.74, 6) is -2.32. The molecular weight excluding hydrogens is 615 g/mol. The van der Waals surface area contributed by atoms with Crippen molar-refractivity contribution in [2.24, 2.45) is 7.05 Å². The van der Waals surface area contributed by atoms with Gasteiger partial charge < -0.3 is 25.0 Å². The van der Waals surface area contributed by atoms with Crippen LogP contribution in [-0.4, -0.2) is 69.4 Å². The highest BCUT2D eigenvalue weighted by molar-refractivity contribution is 7.19. The third kappa shape index (κ3) is 8.65. The number of alkyl halides is 1. The van der Waals surface area contributed by atoms with Gasteiger partial charge in [0.15, 0.2) is 11.5 Å². The van der Waals surface area contributed by atoms with E-state index in [1.807, 2.05) is 0 Å². The maximum absolute atomic E-state index is 14.9. The van der Waals surface area contributed by atoms with Crippen molar-refractivity contribution in [2.75, 3.05) is 28.6 Å². The summed E-state index contributed by atoms with van der Waals surface area (Å²) in [6.07, 6.45) is -1.51. The van der Waals surface area contributed by atoms with E-state index in [9.17, 15) is 27.6 Å². The molecule has 4 rings (SSSR count). The molecule has 16 heteroatoms. The topological polar surface area (TPSA) is 140 Å². The van der Waals surface area contributed by atoms with Crippen LogP contribution < -0.4 is 20.9 Å². The molecule has 244 valence electrons. The number of carbonyl (C=O) groups excluding carboxylic acids is 3. The maximum Gasteiger partial charge on any atom is 0.412 e. The summed E-state index contributed by atoms with van der Waals surface area (Å²) in [4.78, 5) is 44.4. The summed E-state index contributed by atoms with van der Waals surface area (Å²) >= 11 is 0.685. The summed E-state index contributed by atoms with van der Waals surface area (Å²) in [5.41, 5.74) is -2.26. The number of aromatic nitrogens is 3. The molecule has 3 aromatic rings. The van der Waals surface area contributed by atoms with Crippen LogP contribution in [0, 0.1) is 11.6 Å². The minimum atomic E-state index is -1.32. The first-order valence-corrected chi connectivity index (χ1v) is 14.9. The molecule has 0 aliphatic carbocycles. The van der Waals surface area contributed by atoms with Crippen LogP contribution in [0.5, 0.6) is 0 Å². The monoisotopic (exact) mass is 651 g/mol. The number of alkyl carbamates (subject to hydrolysis) is 1. The van der Waals surface area contributed by atoms with Crippen molar-refractivity contribution >= 4 is 45.9 Å². The van der Waals surface area contributed by atoms with Gasteiger partial charge in [-0.1, -0.05) is 17.4 Å². The fraction of sp³-hybridized carbons (Fsp3) is 0.483. The minimum Gasteiger partial charge on any atom is -0.444 e. The SMILES string of the molecule is Cn1ncc(NC(=O)c2nc(-c3c(F)cccc3F)sc2NC(=O)OC(C)(C)C)c1N1C[C@H](F)C[C@@H](NC(=O)OC(C)(C)C)C1. The zero-order valence-corrected chi connectivity index (χ0v) is 26.8. The number of ether oxygens (including phenoxy) is 2. The number of hydrogen-bond acceptors (Lipinski definition) is 9. The fourth-order valence-electron chi connectivity index (χ4n) is 4.63. The number of rotatable bonds is 6. The molecule has 0 bridgehead atoms. The molecule has 1 fully saturated rings. The van der Waals surface area contributed by atoms with Crippen LogP contribution in [0.4, 0.5) is 39.3 Å². The first kappa shape index (κ1) is 33.6. The molecule has 0 radical (unpaired) electrons. The molecule has 1 aliphatic heterocycles. The van der Waals surface area contributed by atoms with Gasteiger partial charge in [-0.3, -0.25) is 14.8 Å². The molecule has 2 atom stereocenters. The molecule has 1 saturated heterocycles. The standard InChI is InChI=1S/C29H36F3N7O5S/c1-28(2,3)43-26(41)34-16-11-15(30)13-39(14-16)25-19(12-33-38(25)7)35-22(40)21-24(37-27(42)44-29(4,5)6)45-23(36-21)20-17(31)9-8-10-18(20)32/h8-10,12,15-16H,11,13-14H2,1-7H3,(H,34,41)(H,35,40)(H,37,42)/t15-,16-/m1/s1. The number of halogens is 3. The molecule has 1 aliphatic rings. The minimum absolute atomic E-state index is 0.0479. The van der Waals surface area contributed by atoms with E-state index in [4.69, 9.17) is 9.47 Å². The first-order chi connectivity index (χ1) is 20.9. The average molecular weight is 652 g/mol. The quantitative estimate of drug-likeness (QED) is 0.301. The lowest BCUT2D eigenvalue weighted by atomic mass is 10.0. The number of amides is 3. The van der Waals surface area contributed by atoms with E-state index >= 15 is 0 Å². The van der Waals surface area contributed by atoms with Gasteiger partial charge in [0.05, 0.1) is 24.3 Å². The van der Waals surface area contributed by atoms with Crippen molar-refractivity contribution in [3.8, 4) is 10.6 Å². The average Bonchev–Trinajstić information content (AvgIpc) is 3.44. The molecule has 2 aromatic heterocycles. The third-order valence-corrected chi connectivity index (χ3v) is 7.20.